The van der Waals surface area contributed by atoms with E-state index >= 15 is 0 Å². The molecule has 3 aromatic rings. The maximum atomic E-state index is 12.8. The molecule has 172 valence electrons. The smallest absolute Gasteiger partial charge is 0.410 e. The Morgan fingerprint density at radius 2 is 1.64 bits per heavy atom. The van der Waals surface area contributed by atoms with E-state index in [2.05, 4.69) is 5.32 Å². The molecular formula is C26H26Cl2N2O3. The second kappa shape index (κ2) is 10.9. The first-order valence-corrected chi connectivity index (χ1v) is 11.7. The summed E-state index contributed by atoms with van der Waals surface area (Å²) >= 11 is 12.1. The van der Waals surface area contributed by atoms with Crippen molar-refractivity contribution in [2.24, 2.45) is 5.92 Å². The van der Waals surface area contributed by atoms with Gasteiger partial charge in [-0.05, 0) is 53.9 Å². The molecule has 1 aliphatic heterocycles. The second-order valence-electron chi connectivity index (χ2n) is 8.19. The number of piperidine rings is 1. The van der Waals surface area contributed by atoms with Crippen molar-refractivity contribution < 1.29 is 14.6 Å². The van der Waals surface area contributed by atoms with E-state index in [0.29, 0.717) is 29.6 Å². The molecule has 1 heterocycles. The van der Waals surface area contributed by atoms with E-state index in [1.807, 2.05) is 78.9 Å². The van der Waals surface area contributed by atoms with Crippen LogP contribution in [0.3, 0.4) is 0 Å². The third-order valence-corrected chi connectivity index (χ3v) is 6.41. The number of carbonyl (C=O) groups is 1. The second-order valence-corrected chi connectivity index (χ2v) is 9.06. The lowest BCUT2D eigenvalue weighted by Gasteiger charge is -2.40. The lowest BCUT2D eigenvalue weighted by atomic mass is 9.84. The van der Waals surface area contributed by atoms with Gasteiger partial charge in [-0.1, -0.05) is 65.7 Å². The highest BCUT2D eigenvalue weighted by molar-refractivity contribution is 6.30. The molecule has 0 saturated carbocycles. The molecule has 1 amide bonds. The van der Waals surface area contributed by atoms with Crippen molar-refractivity contribution in [1.82, 2.24) is 4.90 Å². The Labute approximate surface area is 203 Å². The van der Waals surface area contributed by atoms with Gasteiger partial charge in [0.25, 0.3) is 0 Å². The van der Waals surface area contributed by atoms with E-state index in [1.165, 1.54) is 0 Å². The summed E-state index contributed by atoms with van der Waals surface area (Å²) in [7, 11) is 0. The van der Waals surface area contributed by atoms with Crippen LogP contribution in [0.1, 0.15) is 23.6 Å². The summed E-state index contributed by atoms with van der Waals surface area (Å²) in [6.07, 6.45) is -0.488. The number of nitrogens with zero attached hydrogens (tertiary/aromatic N) is 1. The van der Waals surface area contributed by atoms with E-state index in [0.717, 1.165) is 16.8 Å². The van der Waals surface area contributed by atoms with Crippen molar-refractivity contribution in [2.75, 3.05) is 18.4 Å². The average molecular weight is 485 g/mol. The molecule has 7 heteroatoms. The number of hydrogen-bond acceptors (Lipinski definition) is 4. The Morgan fingerprint density at radius 1 is 1.00 bits per heavy atom. The maximum absolute atomic E-state index is 12.8. The summed E-state index contributed by atoms with van der Waals surface area (Å²) in [6.45, 7) is 1.02. The van der Waals surface area contributed by atoms with E-state index in [1.54, 1.807) is 4.90 Å². The lowest BCUT2D eigenvalue weighted by Crippen LogP contribution is -2.49. The van der Waals surface area contributed by atoms with Gasteiger partial charge in [-0.15, -0.1) is 0 Å². The molecule has 0 radical (unpaired) electrons. The Bertz CT molecular complexity index is 1050. The molecule has 0 unspecified atom stereocenters. The topological polar surface area (TPSA) is 61.8 Å². The SMILES string of the molecule is O=C(OCc1ccccc1)N1CC[C@@H](O)[C@H]([C@H](Nc2ccc(Cl)cc2)c2ccc(Cl)cc2)C1. The third kappa shape index (κ3) is 6.20. The van der Waals surface area contributed by atoms with Crippen LogP contribution < -0.4 is 5.32 Å². The highest BCUT2D eigenvalue weighted by atomic mass is 35.5. The van der Waals surface area contributed by atoms with Crippen molar-refractivity contribution >= 4 is 35.0 Å². The number of amides is 1. The summed E-state index contributed by atoms with van der Waals surface area (Å²) < 4.78 is 5.54. The molecule has 3 atom stereocenters. The molecule has 3 aromatic carbocycles. The van der Waals surface area contributed by atoms with Gasteiger partial charge < -0.3 is 20.1 Å². The minimum Gasteiger partial charge on any atom is -0.445 e. The minimum atomic E-state index is -0.580. The molecule has 1 fully saturated rings. The van der Waals surface area contributed by atoms with E-state index in [-0.39, 0.29) is 24.7 Å². The highest BCUT2D eigenvalue weighted by Gasteiger charge is 2.37. The van der Waals surface area contributed by atoms with Crippen molar-refractivity contribution in [2.45, 2.75) is 25.2 Å². The molecule has 2 N–H and O–H groups in total. The number of benzene rings is 3. The number of halogens is 2. The zero-order chi connectivity index (χ0) is 23.2. The fraction of sp³-hybridized carbons (Fsp3) is 0.269. The standard InChI is InChI=1S/C26H26Cl2N2O3/c27-20-8-6-19(7-9-20)25(29-22-12-10-21(28)11-13-22)23-16-30(15-14-24(23)31)26(32)33-17-18-4-2-1-3-5-18/h1-13,23-25,29,31H,14-17H2/t23-,24-,25-/m1/s1. The number of rotatable bonds is 6. The predicted molar refractivity (Wildman–Crippen MR) is 132 cm³/mol. The zero-order valence-corrected chi connectivity index (χ0v) is 19.5. The molecule has 1 aliphatic rings. The van der Waals surface area contributed by atoms with Crippen LogP contribution in [-0.2, 0) is 11.3 Å². The Morgan fingerprint density at radius 3 is 2.30 bits per heavy atom. The number of aliphatic hydroxyl groups is 1. The van der Waals surface area contributed by atoms with Gasteiger partial charge in [0.1, 0.15) is 6.61 Å². The van der Waals surface area contributed by atoms with Crippen LogP contribution in [0.2, 0.25) is 10.0 Å². The Hall–Kier alpha value is -2.73. The van der Waals surface area contributed by atoms with Crippen molar-refractivity contribution in [3.63, 3.8) is 0 Å². The molecule has 0 bridgehead atoms. The molecular weight excluding hydrogens is 459 g/mol. The maximum Gasteiger partial charge on any atom is 0.410 e. The first-order chi connectivity index (χ1) is 16.0. The van der Waals surface area contributed by atoms with Crippen molar-refractivity contribution in [3.05, 3.63) is 100 Å². The predicted octanol–water partition coefficient (Wildman–Crippen LogP) is 6.17. The first-order valence-electron chi connectivity index (χ1n) is 10.9. The van der Waals surface area contributed by atoms with Crippen molar-refractivity contribution in [3.8, 4) is 0 Å². The van der Waals surface area contributed by atoms with Gasteiger partial charge in [0.15, 0.2) is 0 Å². The van der Waals surface area contributed by atoms with Crippen LogP contribution in [0, 0.1) is 5.92 Å². The zero-order valence-electron chi connectivity index (χ0n) is 18.0. The van der Waals surface area contributed by atoms with Crippen LogP contribution in [0.15, 0.2) is 78.9 Å². The molecule has 0 aromatic heterocycles. The highest BCUT2D eigenvalue weighted by Crippen LogP contribution is 2.34. The van der Waals surface area contributed by atoms with E-state index in [9.17, 15) is 9.90 Å². The quantitative estimate of drug-likeness (QED) is 0.439. The van der Waals surface area contributed by atoms with Crippen LogP contribution in [0.4, 0.5) is 10.5 Å². The molecule has 1 saturated heterocycles. The molecule has 0 aliphatic carbocycles. The van der Waals surface area contributed by atoms with Gasteiger partial charge in [-0.2, -0.15) is 0 Å². The largest absolute Gasteiger partial charge is 0.445 e. The number of aliphatic hydroxyl groups excluding tert-OH is 1. The monoisotopic (exact) mass is 484 g/mol. The van der Waals surface area contributed by atoms with Crippen LogP contribution in [0.5, 0.6) is 0 Å². The van der Waals surface area contributed by atoms with Gasteiger partial charge in [0.2, 0.25) is 0 Å². The number of carbonyl (C=O) groups excluding carboxylic acids is 1. The Balaban J connectivity index is 1.52. The fourth-order valence-corrected chi connectivity index (χ4v) is 4.36. The summed E-state index contributed by atoms with van der Waals surface area (Å²) in [4.78, 5) is 14.5. The number of anilines is 1. The van der Waals surface area contributed by atoms with Crippen LogP contribution in [0.25, 0.3) is 0 Å². The van der Waals surface area contributed by atoms with Gasteiger partial charge >= 0.3 is 6.09 Å². The first kappa shape index (κ1) is 23.4. The van der Waals surface area contributed by atoms with Crippen LogP contribution in [-0.4, -0.2) is 35.3 Å². The van der Waals surface area contributed by atoms with Crippen LogP contribution >= 0.6 is 23.2 Å². The third-order valence-electron chi connectivity index (χ3n) is 5.91. The molecule has 0 spiro atoms. The normalized spacial score (nSPS) is 19.1. The number of hydrogen-bond donors (Lipinski definition) is 2. The van der Waals surface area contributed by atoms with Gasteiger partial charge in [-0.25, -0.2) is 4.79 Å². The van der Waals surface area contributed by atoms with E-state index < -0.39 is 6.10 Å². The lowest BCUT2D eigenvalue weighted by molar-refractivity contribution is 0.0117. The number of ether oxygens (including phenoxy) is 1. The summed E-state index contributed by atoms with van der Waals surface area (Å²) in [6, 6.07) is 24.3. The van der Waals surface area contributed by atoms with E-state index in [4.69, 9.17) is 27.9 Å². The number of likely N-dealkylation sites (tertiary alicyclic amines) is 1. The average Bonchev–Trinajstić information content (AvgIpc) is 2.84. The fourth-order valence-electron chi connectivity index (χ4n) is 4.11. The molecule has 33 heavy (non-hydrogen) atoms. The number of nitrogens with one attached hydrogen (secondary N) is 1. The van der Waals surface area contributed by atoms with Gasteiger partial charge in [0.05, 0.1) is 12.1 Å². The summed E-state index contributed by atoms with van der Waals surface area (Å²) in [5.41, 5.74) is 2.77. The van der Waals surface area contributed by atoms with Gasteiger partial charge in [-0.3, -0.25) is 0 Å². The molecule has 4 rings (SSSR count). The summed E-state index contributed by atoms with van der Waals surface area (Å²) in [5.74, 6) is -0.250. The summed E-state index contributed by atoms with van der Waals surface area (Å²) in [5, 5.41) is 15.7. The van der Waals surface area contributed by atoms with Gasteiger partial charge in [0, 0.05) is 34.7 Å². The Kier molecular flexibility index (Phi) is 7.76. The molecule has 5 nitrogen and oxygen atoms in total. The minimum absolute atomic E-state index is 0.215. The van der Waals surface area contributed by atoms with Crippen molar-refractivity contribution in [1.29, 1.82) is 0 Å².